The van der Waals surface area contributed by atoms with E-state index in [0.29, 0.717) is 10.9 Å². The lowest BCUT2D eigenvalue weighted by Gasteiger charge is -2.51. The van der Waals surface area contributed by atoms with Crippen molar-refractivity contribution in [1.29, 1.82) is 0 Å². The average molecular weight is 353 g/mol. The summed E-state index contributed by atoms with van der Waals surface area (Å²) in [6.45, 7) is 13.6. The minimum Gasteiger partial charge on any atom is -0.489 e. The van der Waals surface area contributed by atoms with Gasteiger partial charge in [-0.3, -0.25) is 0 Å². The average Bonchev–Trinajstić information content (AvgIpc) is 2.45. The Balaban J connectivity index is 2.29. The molecule has 0 N–H and O–H groups in total. The van der Waals surface area contributed by atoms with Gasteiger partial charge in [0, 0.05) is 10.2 Å². The van der Waals surface area contributed by atoms with Crippen LogP contribution in [0.5, 0.6) is 5.75 Å². The molecule has 21 heavy (non-hydrogen) atoms. The molecule has 1 fully saturated rings. The van der Waals surface area contributed by atoms with E-state index in [4.69, 9.17) is 4.74 Å². The second kappa shape index (κ2) is 5.95. The van der Waals surface area contributed by atoms with E-state index in [1.54, 1.807) is 0 Å². The first-order chi connectivity index (χ1) is 9.72. The van der Waals surface area contributed by atoms with Crippen molar-refractivity contribution in [3.05, 3.63) is 29.3 Å². The quantitative estimate of drug-likeness (QED) is 0.615. The fraction of sp³-hybridized carbons (Fsp3) is 0.684. The van der Waals surface area contributed by atoms with Crippen molar-refractivity contribution in [3.63, 3.8) is 0 Å². The molecule has 0 amide bonds. The Bertz CT molecular complexity index is 503. The predicted molar refractivity (Wildman–Crippen MR) is 94.7 cm³/mol. The van der Waals surface area contributed by atoms with E-state index in [9.17, 15) is 0 Å². The molecule has 3 atom stereocenters. The lowest BCUT2D eigenvalue weighted by Crippen LogP contribution is -2.54. The molecule has 0 saturated heterocycles. The third-order valence-electron chi connectivity index (χ3n) is 5.16. The van der Waals surface area contributed by atoms with Gasteiger partial charge < -0.3 is 4.74 Å². The lowest BCUT2D eigenvalue weighted by molar-refractivity contribution is -0.0253. The number of rotatable bonds is 4. The molecule has 2 heteroatoms. The fourth-order valence-electron chi connectivity index (χ4n) is 3.04. The van der Waals surface area contributed by atoms with Crippen LogP contribution < -0.4 is 4.74 Å². The van der Waals surface area contributed by atoms with E-state index >= 15 is 0 Å². The number of halogens is 1. The summed E-state index contributed by atoms with van der Waals surface area (Å²) in [6, 6.07) is 6.71. The molecule has 1 aliphatic carbocycles. The Morgan fingerprint density at radius 3 is 2.43 bits per heavy atom. The standard InChI is InChI=1S/C19H29BrO/c1-7-13-9-10-15(14(11-13)18(3,4)5)21-17-12-16(20)19(17,6)8-2/h9-11,16-17H,7-8,12H2,1-6H3. The summed E-state index contributed by atoms with van der Waals surface area (Å²) in [6.07, 6.45) is 3.64. The van der Waals surface area contributed by atoms with Crippen molar-refractivity contribution in [2.45, 2.75) is 77.2 Å². The van der Waals surface area contributed by atoms with Gasteiger partial charge in [-0.1, -0.05) is 69.6 Å². The molecule has 118 valence electrons. The summed E-state index contributed by atoms with van der Waals surface area (Å²) >= 11 is 3.80. The zero-order valence-corrected chi connectivity index (χ0v) is 15.9. The maximum absolute atomic E-state index is 6.45. The normalized spacial score (nSPS) is 29.1. The monoisotopic (exact) mass is 352 g/mol. The molecular formula is C19H29BrO. The molecule has 2 rings (SSSR count). The van der Waals surface area contributed by atoms with Crippen molar-refractivity contribution in [1.82, 2.24) is 0 Å². The zero-order chi connectivity index (χ0) is 15.8. The minimum absolute atomic E-state index is 0.112. The third-order valence-corrected chi connectivity index (χ3v) is 6.58. The molecule has 1 saturated carbocycles. The molecule has 1 aromatic carbocycles. The second-order valence-electron chi connectivity index (χ2n) is 7.60. The van der Waals surface area contributed by atoms with Crippen molar-refractivity contribution < 1.29 is 4.74 Å². The number of benzene rings is 1. The predicted octanol–water partition coefficient (Wildman–Crippen LogP) is 5.88. The molecule has 0 radical (unpaired) electrons. The van der Waals surface area contributed by atoms with Crippen LogP contribution in [0.4, 0.5) is 0 Å². The van der Waals surface area contributed by atoms with Gasteiger partial charge in [0.25, 0.3) is 0 Å². The van der Waals surface area contributed by atoms with E-state index in [-0.39, 0.29) is 10.8 Å². The first-order valence-corrected chi connectivity index (χ1v) is 9.08. The van der Waals surface area contributed by atoms with Gasteiger partial charge in [0.05, 0.1) is 0 Å². The minimum atomic E-state index is 0.112. The van der Waals surface area contributed by atoms with Crippen LogP contribution in [0.3, 0.4) is 0 Å². The van der Waals surface area contributed by atoms with Gasteiger partial charge in [-0.15, -0.1) is 0 Å². The summed E-state index contributed by atoms with van der Waals surface area (Å²) < 4.78 is 6.45. The Hall–Kier alpha value is -0.500. The molecule has 0 heterocycles. The van der Waals surface area contributed by atoms with Gasteiger partial charge in [-0.2, -0.15) is 0 Å². The highest BCUT2D eigenvalue weighted by Crippen LogP contribution is 2.50. The van der Waals surface area contributed by atoms with Gasteiger partial charge in [0.15, 0.2) is 0 Å². The molecule has 1 aliphatic rings. The van der Waals surface area contributed by atoms with E-state index in [2.05, 4.69) is 75.7 Å². The van der Waals surface area contributed by atoms with E-state index in [0.717, 1.165) is 25.0 Å². The molecule has 0 aromatic heterocycles. The molecule has 0 spiro atoms. The van der Waals surface area contributed by atoms with Crippen molar-refractivity contribution in [2.75, 3.05) is 0 Å². The zero-order valence-electron chi connectivity index (χ0n) is 14.3. The maximum atomic E-state index is 6.45. The Labute approximate surface area is 138 Å². The number of alkyl halides is 1. The Morgan fingerprint density at radius 1 is 1.29 bits per heavy atom. The number of ether oxygens (including phenoxy) is 1. The van der Waals surface area contributed by atoms with Gasteiger partial charge in [0.2, 0.25) is 0 Å². The summed E-state index contributed by atoms with van der Waals surface area (Å²) in [5.74, 6) is 1.07. The molecule has 1 nitrogen and oxygen atoms in total. The second-order valence-corrected chi connectivity index (χ2v) is 8.71. The van der Waals surface area contributed by atoms with Crippen LogP contribution in [0.2, 0.25) is 0 Å². The van der Waals surface area contributed by atoms with Crippen LogP contribution in [0.25, 0.3) is 0 Å². The molecule has 0 bridgehead atoms. The lowest BCUT2D eigenvalue weighted by atomic mass is 9.65. The number of hydrogen-bond donors (Lipinski definition) is 0. The largest absolute Gasteiger partial charge is 0.489 e. The van der Waals surface area contributed by atoms with Gasteiger partial charge in [-0.25, -0.2) is 0 Å². The highest BCUT2D eigenvalue weighted by molar-refractivity contribution is 9.09. The van der Waals surface area contributed by atoms with Crippen LogP contribution in [-0.2, 0) is 11.8 Å². The summed E-state index contributed by atoms with van der Waals surface area (Å²) in [4.78, 5) is 0.577. The van der Waals surface area contributed by atoms with Crippen LogP contribution in [-0.4, -0.2) is 10.9 Å². The first kappa shape index (κ1) is 16.9. The summed E-state index contributed by atoms with van der Waals surface area (Å²) in [7, 11) is 0. The van der Waals surface area contributed by atoms with Crippen LogP contribution >= 0.6 is 15.9 Å². The first-order valence-electron chi connectivity index (χ1n) is 8.16. The van der Waals surface area contributed by atoms with E-state index in [1.807, 2.05) is 0 Å². The van der Waals surface area contributed by atoms with Crippen molar-refractivity contribution in [2.24, 2.45) is 5.41 Å². The highest BCUT2D eigenvalue weighted by Gasteiger charge is 2.51. The fourth-order valence-corrected chi connectivity index (χ4v) is 4.00. The van der Waals surface area contributed by atoms with Crippen LogP contribution in [0.1, 0.15) is 65.5 Å². The molecule has 0 aliphatic heterocycles. The van der Waals surface area contributed by atoms with Crippen LogP contribution in [0, 0.1) is 5.41 Å². The molecule has 3 unspecified atom stereocenters. The van der Waals surface area contributed by atoms with Gasteiger partial charge in [0.1, 0.15) is 11.9 Å². The topological polar surface area (TPSA) is 9.23 Å². The summed E-state index contributed by atoms with van der Waals surface area (Å²) in [5, 5.41) is 0. The third kappa shape index (κ3) is 3.16. The molecule has 1 aromatic rings. The molecular weight excluding hydrogens is 324 g/mol. The number of aryl methyl sites for hydroxylation is 1. The maximum Gasteiger partial charge on any atom is 0.123 e. The van der Waals surface area contributed by atoms with Crippen LogP contribution in [0.15, 0.2) is 18.2 Å². The Morgan fingerprint density at radius 2 is 1.95 bits per heavy atom. The van der Waals surface area contributed by atoms with Crippen molar-refractivity contribution in [3.8, 4) is 5.75 Å². The smallest absolute Gasteiger partial charge is 0.123 e. The SMILES string of the molecule is CCc1ccc(OC2CC(Br)C2(C)CC)c(C(C)(C)C)c1. The van der Waals surface area contributed by atoms with Crippen molar-refractivity contribution >= 4 is 15.9 Å². The highest BCUT2D eigenvalue weighted by atomic mass is 79.9. The van der Waals surface area contributed by atoms with E-state index in [1.165, 1.54) is 11.1 Å². The van der Waals surface area contributed by atoms with E-state index < -0.39 is 0 Å². The van der Waals surface area contributed by atoms with Gasteiger partial charge in [-0.05, 0) is 41.9 Å². The Kier molecular flexibility index (Phi) is 4.78. The number of hydrogen-bond acceptors (Lipinski definition) is 1. The van der Waals surface area contributed by atoms with Gasteiger partial charge >= 0.3 is 0 Å². The summed E-state index contributed by atoms with van der Waals surface area (Å²) in [5.41, 5.74) is 3.08.